The zero-order chi connectivity index (χ0) is 9.97. The number of H-pyrrole nitrogens is 1. The Balaban J connectivity index is 2.17. The van der Waals surface area contributed by atoms with Crippen molar-refractivity contribution in [2.24, 2.45) is 0 Å². The molecule has 14 heavy (non-hydrogen) atoms. The second kappa shape index (κ2) is 3.80. The van der Waals surface area contributed by atoms with E-state index < -0.39 is 0 Å². The molecular weight excluding hydrogens is 176 g/mol. The molecule has 0 saturated carbocycles. The molecule has 2 heterocycles. The fourth-order valence-corrected chi connectivity index (χ4v) is 1.31. The molecule has 0 radical (unpaired) electrons. The topological polar surface area (TPSA) is 37.9 Å². The fraction of sp³-hybridized carbons (Fsp3) is 0.364. The van der Waals surface area contributed by atoms with Crippen molar-refractivity contribution in [2.75, 3.05) is 0 Å². The third-order valence-electron chi connectivity index (χ3n) is 2.03. The monoisotopic (exact) mass is 190 g/mol. The molecule has 0 aliphatic rings. The Labute approximate surface area is 83.1 Å². The first kappa shape index (κ1) is 9.21. The van der Waals surface area contributed by atoms with Gasteiger partial charge in [0.1, 0.15) is 0 Å². The molecule has 0 bridgehead atoms. The first-order chi connectivity index (χ1) is 6.75. The van der Waals surface area contributed by atoms with Gasteiger partial charge in [-0.25, -0.2) is 4.98 Å². The van der Waals surface area contributed by atoms with Gasteiger partial charge in [-0.1, -0.05) is 0 Å². The molecule has 2 rings (SSSR count). The van der Waals surface area contributed by atoms with Crippen molar-refractivity contribution in [1.29, 1.82) is 0 Å². The molecule has 1 N–H and O–H groups in total. The van der Waals surface area contributed by atoms with E-state index in [1.165, 1.54) is 0 Å². The SMILES string of the molecule is CC(C)OCc1ccc2[nH]ccc2n1. The molecule has 0 aromatic carbocycles. The van der Waals surface area contributed by atoms with E-state index in [9.17, 15) is 0 Å². The number of aromatic amines is 1. The number of rotatable bonds is 3. The standard InChI is InChI=1S/C11H14N2O/c1-8(2)14-7-9-3-4-10-11(13-9)5-6-12-10/h3-6,8,12H,7H2,1-2H3. The number of ether oxygens (including phenoxy) is 1. The Hall–Kier alpha value is -1.35. The van der Waals surface area contributed by atoms with E-state index in [2.05, 4.69) is 9.97 Å². The highest BCUT2D eigenvalue weighted by Gasteiger charge is 2.00. The quantitative estimate of drug-likeness (QED) is 0.807. The van der Waals surface area contributed by atoms with Gasteiger partial charge in [0.15, 0.2) is 0 Å². The molecule has 0 amide bonds. The van der Waals surface area contributed by atoms with Crippen LogP contribution >= 0.6 is 0 Å². The number of pyridine rings is 1. The van der Waals surface area contributed by atoms with E-state index >= 15 is 0 Å². The van der Waals surface area contributed by atoms with Crippen LogP contribution in [0.25, 0.3) is 11.0 Å². The number of hydrogen-bond acceptors (Lipinski definition) is 2. The predicted molar refractivity (Wildman–Crippen MR) is 56.0 cm³/mol. The lowest BCUT2D eigenvalue weighted by Gasteiger charge is -2.06. The van der Waals surface area contributed by atoms with Crippen LogP contribution in [-0.2, 0) is 11.3 Å². The summed E-state index contributed by atoms with van der Waals surface area (Å²) in [4.78, 5) is 7.56. The number of nitrogens with zero attached hydrogens (tertiary/aromatic N) is 1. The summed E-state index contributed by atoms with van der Waals surface area (Å²) in [5.74, 6) is 0. The maximum absolute atomic E-state index is 5.48. The molecule has 0 aliphatic carbocycles. The van der Waals surface area contributed by atoms with Crippen LogP contribution in [0.5, 0.6) is 0 Å². The van der Waals surface area contributed by atoms with Crippen molar-refractivity contribution in [3.05, 3.63) is 30.1 Å². The Morgan fingerprint density at radius 2 is 2.21 bits per heavy atom. The maximum Gasteiger partial charge on any atom is 0.0891 e. The third-order valence-corrected chi connectivity index (χ3v) is 2.03. The van der Waals surface area contributed by atoms with Crippen molar-refractivity contribution < 1.29 is 4.74 Å². The van der Waals surface area contributed by atoms with E-state index in [4.69, 9.17) is 4.74 Å². The van der Waals surface area contributed by atoms with Gasteiger partial charge in [-0.05, 0) is 32.0 Å². The van der Waals surface area contributed by atoms with Crippen molar-refractivity contribution >= 4 is 11.0 Å². The summed E-state index contributed by atoms with van der Waals surface area (Å²) in [7, 11) is 0. The molecule has 2 aromatic rings. The highest BCUT2D eigenvalue weighted by atomic mass is 16.5. The summed E-state index contributed by atoms with van der Waals surface area (Å²) in [6.45, 7) is 4.63. The minimum Gasteiger partial charge on any atom is -0.373 e. The average molecular weight is 190 g/mol. The number of fused-ring (bicyclic) bond motifs is 1. The van der Waals surface area contributed by atoms with Crippen molar-refractivity contribution in [3.8, 4) is 0 Å². The van der Waals surface area contributed by atoms with Crippen LogP contribution in [-0.4, -0.2) is 16.1 Å². The van der Waals surface area contributed by atoms with Gasteiger partial charge in [0, 0.05) is 6.20 Å². The molecule has 0 spiro atoms. The summed E-state index contributed by atoms with van der Waals surface area (Å²) in [5, 5.41) is 0. The maximum atomic E-state index is 5.48. The predicted octanol–water partition coefficient (Wildman–Crippen LogP) is 2.49. The zero-order valence-electron chi connectivity index (χ0n) is 8.45. The summed E-state index contributed by atoms with van der Waals surface area (Å²) >= 11 is 0. The highest BCUT2D eigenvalue weighted by molar-refractivity contribution is 5.74. The van der Waals surface area contributed by atoms with Crippen LogP contribution in [0.15, 0.2) is 24.4 Å². The molecule has 0 aliphatic heterocycles. The summed E-state index contributed by atoms with van der Waals surface area (Å²) in [5.41, 5.74) is 3.04. The molecule has 0 atom stereocenters. The average Bonchev–Trinajstić information content (AvgIpc) is 2.61. The minimum absolute atomic E-state index is 0.249. The van der Waals surface area contributed by atoms with Crippen molar-refractivity contribution in [3.63, 3.8) is 0 Å². The number of hydrogen-bond donors (Lipinski definition) is 1. The molecular formula is C11H14N2O. The molecule has 2 aromatic heterocycles. The molecule has 3 heteroatoms. The zero-order valence-corrected chi connectivity index (χ0v) is 8.45. The Morgan fingerprint density at radius 1 is 1.36 bits per heavy atom. The second-order valence-corrected chi connectivity index (χ2v) is 3.57. The van der Waals surface area contributed by atoms with Crippen LogP contribution in [0.4, 0.5) is 0 Å². The first-order valence-corrected chi connectivity index (χ1v) is 4.80. The molecule has 0 unspecified atom stereocenters. The van der Waals surface area contributed by atoms with E-state index in [0.29, 0.717) is 6.61 Å². The van der Waals surface area contributed by atoms with Gasteiger partial charge in [0.2, 0.25) is 0 Å². The van der Waals surface area contributed by atoms with Crippen LogP contribution < -0.4 is 0 Å². The smallest absolute Gasteiger partial charge is 0.0891 e. The van der Waals surface area contributed by atoms with Gasteiger partial charge >= 0.3 is 0 Å². The van der Waals surface area contributed by atoms with E-state index in [1.807, 2.05) is 38.2 Å². The van der Waals surface area contributed by atoms with Crippen molar-refractivity contribution in [1.82, 2.24) is 9.97 Å². The first-order valence-electron chi connectivity index (χ1n) is 4.80. The Bertz CT molecular complexity index is 420. The molecule has 0 saturated heterocycles. The Morgan fingerprint density at radius 3 is 3.00 bits per heavy atom. The highest BCUT2D eigenvalue weighted by Crippen LogP contribution is 2.10. The van der Waals surface area contributed by atoms with Gasteiger partial charge < -0.3 is 9.72 Å². The number of aromatic nitrogens is 2. The van der Waals surface area contributed by atoms with Gasteiger partial charge in [-0.2, -0.15) is 0 Å². The van der Waals surface area contributed by atoms with Crippen molar-refractivity contribution in [2.45, 2.75) is 26.6 Å². The summed E-state index contributed by atoms with van der Waals surface area (Å²) in [6, 6.07) is 5.98. The van der Waals surface area contributed by atoms with Gasteiger partial charge in [-0.15, -0.1) is 0 Å². The largest absolute Gasteiger partial charge is 0.373 e. The summed E-state index contributed by atoms with van der Waals surface area (Å²) < 4.78 is 5.48. The fourth-order valence-electron chi connectivity index (χ4n) is 1.31. The summed E-state index contributed by atoms with van der Waals surface area (Å²) in [6.07, 6.45) is 2.14. The lowest BCUT2D eigenvalue weighted by Crippen LogP contribution is -2.03. The van der Waals surface area contributed by atoms with Crippen LogP contribution in [0.2, 0.25) is 0 Å². The minimum atomic E-state index is 0.249. The van der Waals surface area contributed by atoms with E-state index in [0.717, 1.165) is 16.7 Å². The van der Waals surface area contributed by atoms with E-state index in [-0.39, 0.29) is 6.10 Å². The lowest BCUT2D eigenvalue weighted by molar-refractivity contribution is 0.0637. The van der Waals surface area contributed by atoms with Gasteiger partial charge in [-0.3, -0.25) is 0 Å². The molecule has 3 nitrogen and oxygen atoms in total. The normalized spacial score (nSPS) is 11.4. The van der Waals surface area contributed by atoms with E-state index in [1.54, 1.807) is 0 Å². The van der Waals surface area contributed by atoms with Gasteiger partial charge in [0.25, 0.3) is 0 Å². The van der Waals surface area contributed by atoms with Crippen LogP contribution in [0.1, 0.15) is 19.5 Å². The van der Waals surface area contributed by atoms with Crippen LogP contribution in [0, 0.1) is 0 Å². The van der Waals surface area contributed by atoms with Gasteiger partial charge in [0.05, 0.1) is 29.4 Å². The Kier molecular flexibility index (Phi) is 2.50. The molecule has 0 fully saturated rings. The lowest BCUT2D eigenvalue weighted by atomic mass is 10.3. The second-order valence-electron chi connectivity index (χ2n) is 3.57. The van der Waals surface area contributed by atoms with Crippen LogP contribution in [0.3, 0.4) is 0 Å². The molecule has 74 valence electrons. The number of nitrogens with one attached hydrogen (secondary N) is 1. The third kappa shape index (κ3) is 1.93.